The summed E-state index contributed by atoms with van der Waals surface area (Å²) < 4.78 is 14.9. The Balaban J connectivity index is 2.74. The molecular formula is C9H6Cl2FN3. The van der Waals surface area contributed by atoms with Gasteiger partial charge < -0.3 is 0 Å². The number of halogens is 3. The second kappa shape index (κ2) is 3.79. The van der Waals surface area contributed by atoms with Crippen molar-refractivity contribution in [2.45, 2.75) is 6.92 Å². The van der Waals surface area contributed by atoms with Crippen LogP contribution in [0.25, 0.3) is 5.69 Å². The maximum atomic E-state index is 13.6. The maximum absolute atomic E-state index is 13.6. The molecule has 0 bridgehead atoms. The lowest BCUT2D eigenvalue weighted by Gasteiger charge is -2.08. The third-order valence-electron chi connectivity index (χ3n) is 1.95. The smallest absolute Gasteiger partial charge is 0.229 e. The Morgan fingerprint density at radius 3 is 2.53 bits per heavy atom. The highest BCUT2D eigenvalue weighted by molar-refractivity contribution is 6.33. The van der Waals surface area contributed by atoms with Crippen LogP contribution in [0, 0.1) is 12.7 Å². The number of rotatable bonds is 1. The molecule has 0 unspecified atom stereocenters. The predicted molar refractivity (Wildman–Crippen MR) is 56.1 cm³/mol. The third-order valence-corrected chi connectivity index (χ3v) is 2.50. The van der Waals surface area contributed by atoms with Gasteiger partial charge in [-0.3, -0.25) is 4.57 Å². The Labute approximate surface area is 95.5 Å². The molecule has 2 aromatic rings. The summed E-state index contributed by atoms with van der Waals surface area (Å²) in [4.78, 5) is 0. The third kappa shape index (κ3) is 1.70. The Kier molecular flexibility index (Phi) is 2.63. The first-order valence-electron chi connectivity index (χ1n) is 4.13. The molecule has 0 aliphatic heterocycles. The molecule has 0 radical (unpaired) electrons. The molecule has 1 aromatic carbocycles. The van der Waals surface area contributed by atoms with Gasteiger partial charge in [-0.1, -0.05) is 17.7 Å². The van der Waals surface area contributed by atoms with Crippen molar-refractivity contribution >= 4 is 23.2 Å². The molecule has 0 saturated heterocycles. The predicted octanol–water partition coefficient (Wildman–Crippen LogP) is 3.02. The molecule has 1 heterocycles. The van der Waals surface area contributed by atoms with Crippen LogP contribution in [-0.4, -0.2) is 14.8 Å². The fourth-order valence-electron chi connectivity index (χ4n) is 1.29. The molecule has 2 rings (SSSR count). The number of hydrogen-bond acceptors (Lipinski definition) is 2. The summed E-state index contributed by atoms with van der Waals surface area (Å²) >= 11 is 11.7. The average molecular weight is 246 g/mol. The van der Waals surface area contributed by atoms with Crippen LogP contribution < -0.4 is 0 Å². The molecule has 0 spiro atoms. The van der Waals surface area contributed by atoms with E-state index in [1.165, 1.54) is 16.7 Å². The van der Waals surface area contributed by atoms with Gasteiger partial charge in [-0.15, -0.1) is 10.2 Å². The fourth-order valence-corrected chi connectivity index (χ4v) is 1.79. The SMILES string of the molecule is Cc1nnc(Cl)n1-c1c(F)cccc1Cl. The Hall–Kier alpha value is -1.13. The average Bonchev–Trinajstić information content (AvgIpc) is 2.49. The molecule has 1 aromatic heterocycles. The Bertz CT molecular complexity index is 470. The van der Waals surface area contributed by atoms with E-state index in [0.717, 1.165) is 0 Å². The van der Waals surface area contributed by atoms with Gasteiger partial charge in [-0.2, -0.15) is 0 Å². The lowest BCUT2D eigenvalue weighted by Crippen LogP contribution is -2.01. The van der Waals surface area contributed by atoms with Crippen LogP contribution in [0.1, 0.15) is 5.82 Å². The first kappa shape index (κ1) is 10.4. The zero-order valence-corrected chi connectivity index (χ0v) is 9.22. The summed E-state index contributed by atoms with van der Waals surface area (Å²) in [7, 11) is 0. The van der Waals surface area contributed by atoms with Gasteiger partial charge in [0.15, 0.2) is 0 Å². The maximum Gasteiger partial charge on any atom is 0.229 e. The zero-order chi connectivity index (χ0) is 11.0. The second-order valence-electron chi connectivity index (χ2n) is 2.92. The van der Waals surface area contributed by atoms with Crippen molar-refractivity contribution in [2.24, 2.45) is 0 Å². The highest BCUT2D eigenvalue weighted by Crippen LogP contribution is 2.26. The molecule has 0 aliphatic rings. The van der Waals surface area contributed by atoms with Crippen LogP contribution in [0.2, 0.25) is 10.3 Å². The number of aromatic nitrogens is 3. The minimum absolute atomic E-state index is 0.0829. The van der Waals surface area contributed by atoms with Crippen LogP contribution in [0.3, 0.4) is 0 Å². The topological polar surface area (TPSA) is 30.7 Å². The highest BCUT2D eigenvalue weighted by atomic mass is 35.5. The molecular weight excluding hydrogens is 240 g/mol. The van der Waals surface area contributed by atoms with Gasteiger partial charge in [0.1, 0.15) is 17.3 Å². The second-order valence-corrected chi connectivity index (χ2v) is 3.67. The highest BCUT2D eigenvalue weighted by Gasteiger charge is 2.15. The molecule has 0 saturated carbocycles. The summed E-state index contributed by atoms with van der Waals surface area (Å²) in [5.41, 5.74) is 0.173. The van der Waals surface area contributed by atoms with Crippen molar-refractivity contribution in [1.29, 1.82) is 0 Å². The van der Waals surface area contributed by atoms with E-state index in [4.69, 9.17) is 23.2 Å². The first-order valence-corrected chi connectivity index (χ1v) is 4.88. The monoisotopic (exact) mass is 245 g/mol. The van der Waals surface area contributed by atoms with Crippen molar-refractivity contribution in [2.75, 3.05) is 0 Å². The van der Waals surface area contributed by atoms with Crippen LogP contribution in [-0.2, 0) is 0 Å². The Morgan fingerprint density at radius 2 is 2.00 bits per heavy atom. The van der Waals surface area contributed by atoms with Gasteiger partial charge in [0.2, 0.25) is 5.28 Å². The van der Waals surface area contributed by atoms with Crippen LogP contribution in [0.5, 0.6) is 0 Å². The normalized spacial score (nSPS) is 10.7. The summed E-state index contributed by atoms with van der Waals surface area (Å²) in [6, 6.07) is 4.40. The summed E-state index contributed by atoms with van der Waals surface area (Å²) in [5, 5.41) is 7.70. The molecule has 0 amide bonds. The van der Waals surface area contributed by atoms with Gasteiger partial charge in [-0.05, 0) is 30.7 Å². The van der Waals surface area contributed by atoms with E-state index >= 15 is 0 Å². The van der Waals surface area contributed by atoms with E-state index in [1.54, 1.807) is 13.0 Å². The van der Waals surface area contributed by atoms with Gasteiger partial charge >= 0.3 is 0 Å². The van der Waals surface area contributed by atoms with E-state index in [2.05, 4.69) is 10.2 Å². The molecule has 3 nitrogen and oxygen atoms in total. The fraction of sp³-hybridized carbons (Fsp3) is 0.111. The molecule has 0 aliphatic carbocycles. The molecule has 0 N–H and O–H groups in total. The van der Waals surface area contributed by atoms with E-state index in [1.807, 2.05) is 0 Å². The van der Waals surface area contributed by atoms with Crippen molar-refractivity contribution in [3.63, 3.8) is 0 Å². The molecule has 0 atom stereocenters. The number of aryl methyl sites for hydroxylation is 1. The van der Waals surface area contributed by atoms with E-state index < -0.39 is 5.82 Å². The van der Waals surface area contributed by atoms with Gasteiger partial charge in [0.25, 0.3) is 0 Å². The van der Waals surface area contributed by atoms with E-state index in [9.17, 15) is 4.39 Å². The summed E-state index contributed by atoms with van der Waals surface area (Å²) in [5.74, 6) is 0.0132. The molecule has 78 valence electrons. The van der Waals surface area contributed by atoms with Crippen molar-refractivity contribution < 1.29 is 4.39 Å². The van der Waals surface area contributed by atoms with E-state index in [0.29, 0.717) is 5.82 Å². The molecule has 0 fully saturated rings. The van der Waals surface area contributed by atoms with Gasteiger partial charge in [0.05, 0.1) is 5.02 Å². The number of hydrogen-bond donors (Lipinski definition) is 0. The van der Waals surface area contributed by atoms with Crippen LogP contribution in [0.15, 0.2) is 18.2 Å². The summed E-state index contributed by atoms with van der Waals surface area (Å²) in [6.07, 6.45) is 0. The van der Waals surface area contributed by atoms with Gasteiger partial charge in [-0.25, -0.2) is 4.39 Å². The van der Waals surface area contributed by atoms with Crippen molar-refractivity contribution in [1.82, 2.24) is 14.8 Å². The largest absolute Gasteiger partial charge is 0.265 e. The van der Waals surface area contributed by atoms with Crippen molar-refractivity contribution in [3.8, 4) is 5.69 Å². The number of benzene rings is 1. The lowest BCUT2D eigenvalue weighted by molar-refractivity contribution is 0.616. The number of para-hydroxylation sites is 1. The van der Waals surface area contributed by atoms with E-state index in [-0.39, 0.29) is 16.0 Å². The first-order chi connectivity index (χ1) is 7.11. The quantitative estimate of drug-likeness (QED) is 0.774. The molecule has 6 heteroatoms. The lowest BCUT2D eigenvalue weighted by atomic mass is 10.3. The van der Waals surface area contributed by atoms with Gasteiger partial charge in [0, 0.05) is 0 Å². The van der Waals surface area contributed by atoms with Crippen LogP contribution >= 0.6 is 23.2 Å². The standard InChI is InChI=1S/C9H6Cl2FN3/c1-5-13-14-9(11)15(5)8-6(10)3-2-4-7(8)12/h2-4H,1H3. The summed E-state index contributed by atoms with van der Waals surface area (Å²) in [6.45, 7) is 1.67. The Morgan fingerprint density at radius 1 is 1.27 bits per heavy atom. The minimum atomic E-state index is -0.465. The zero-order valence-electron chi connectivity index (χ0n) is 7.71. The van der Waals surface area contributed by atoms with Crippen molar-refractivity contribution in [3.05, 3.63) is 40.1 Å². The number of nitrogens with zero attached hydrogens (tertiary/aromatic N) is 3. The minimum Gasteiger partial charge on any atom is -0.265 e. The van der Waals surface area contributed by atoms with Crippen LogP contribution in [0.4, 0.5) is 4.39 Å². The molecule has 15 heavy (non-hydrogen) atoms.